The van der Waals surface area contributed by atoms with Crippen molar-refractivity contribution in [1.82, 2.24) is 4.31 Å². The summed E-state index contributed by atoms with van der Waals surface area (Å²) in [6.45, 7) is 4.32. The van der Waals surface area contributed by atoms with Gasteiger partial charge in [0.1, 0.15) is 11.9 Å². The molecule has 0 spiro atoms. The first kappa shape index (κ1) is 14.0. The molecular weight excluding hydrogens is 267 g/mol. The molecule has 1 fully saturated rings. The maximum atomic E-state index is 13.2. The topological polar surface area (TPSA) is 61.2 Å². The van der Waals surface area contributed by atoms with Gasteiger partial charge < -0.3 is 0 Å². The van der Waals surface area contributed by atoms with Crippen LogP contribution in [-0.4, -0.2) is 25.3 Å². The molecular formula is C13H15FN2O2S. The van der Waals surface area contributed by atoms with E-state index in [1.165, 1.54) is 10.4 Å². The molecule has 0 aromatic heterocycles. The number of benzene rings is 1. The predicted molar refractivity (Wildman–Crippen MR) is 68.2 cm³/mol. The number of hydrogen-bond donors (Lipinski definition) is 0. The third-order valence-electron chi connectivity index (χ3n) is 3.39. The molecule has 19 heavy (non-hydrogen) atoms. The number of sulfonamides is 1. The molecule has 0 bridgehead atoms. The average molecular weight is 282 g/mol. The molecule has 1 aromatic carbocycles. The van der Waals surface area contributed by atoms with Crippen LogP contribution in [-0.2, 0) is 10.0 Å². The van der Waals surface area contributed by atoms with E-state index >= 15 is 0 Å². The van der Waals surface area contributed by atoms with Crippen LogP contribution in [0.3, 0.4) is 0 Å². The lowest BCUT2D eigenvalue weighted by Crippen LogP contribution is -2.34. The number of hydrogen-bond acceptors (Lipinski definition) is 3. The molecule has 2 unspecified atom stereocenters. The van der Waals surface area contributed by atoms with Crippen molar-refractivity contribution in [1.29, 1.82) is 5.26 Å². The van der Waals surface area contributed by atoms with Gasteiger partial charge in [-0.05, 0) is 37.5 Å². The highest BCUT2D eigenvalue weighted by Gasteiger charge is 2.36. The minimum absolute atomic E-state index is 0.0219. The zero-order valence-electron chi connectivity index (χ0n) is 10.8. The van der Waals surface area contributed by atoms with Gasteiger partial charge in [-0.15, -0.1) is 0 Å². The van der Waals surface area contributed by atoms with Crippen LogP contribution in [0, 0.1) is 23.1 Å². The van der Waals surface area contributed by atoms with E-state index < -0.39 is 15.8 Å². The molecule has 0 radical (unpaired) electrons. The molecule has 1 heterocycles. The second-order valence-electron chi connectivity index (χ2n) is 5.02. The Hall–Kier alpha value is -1.45. The first-order chi connectivity index (χ1) is 8.86. The van der Waals surface area contributed by atoms with Crippen molar-refractivity contribution in [2.45, 2.75) is 31.2 Å². The lowest BCUT2D eigenvalue weighted by atomic mass is 10.1. The molecule has 0 N–H and O–H groups in total. The van der Waals surface area contributed by atoms with E-state index in [1.54, 1.807) is 6.07 Å². The fourth-order valence-electron chi connectivity index (χ4n) is 2.48. The van der Waals surface area contributed by atoms with Crippen molar-refractivity contribution in [3.05, 3.63) is 29.6 Å². The number of nitrogens with zero attached hydrogens (tertiary/aromatic N) is 2. The molecule has 0 amide bonds. The van der Waals surface area contributed by atoms with E-state index in [0.717, 1.165) is 18.6 Å². The first-order valence-electron chi connectivity index (χ1n) is 6.07. The summed E-state index contributed by atoms with van der Waals surface area (Å²) in [6.07, 6.45) is 0.811. The van der Waals surface area contributed by atoms with Gasteiger partial charge in [0.05, 0.1) is 10.5 Å². The smallest absolute Gasteiger partial charge is 0.207 e. The van der Waals surface area contributed by atoms with E-state index in [0.29, 0.717) is 12.5 Å². The van der Waals surface area contributed by atoms with Gasteiger partial charge in [-0.1, -0.05) is 6.92 Å². The van der Waals surface area contributed by atoms with Crippen LogP contribution in [0.2, 0.25) is 0 Å². The lowest BCUT2D eigenvalue weighted by molar-refractivity contribution is 0.405. The first-order valence-corrected chi connectivity index (χ1v) is 7.51. The largest absolute Gasteiger partial charge is 0.243 e. The van der Waals surface area contributed by atoms with E-state index in [-0.39, 0.29) is 16.5 Å². The van der Waals surface area contributed by atoms with Crippen molar-refractivity contribution >= 4 is 10.0 Å². The molecule has 4 nitrogen and oxygen atoms in total. The van der Waals surface area contributed by atoms with Gasteiger partial charge in [0, 0.05) is 12.6 Å². The molecule has 102 valence electrons. The molecule has 1 aliphatic heterocycles. The van der Waals surface area contributed by atoms with Gasteiger partial charge >= 0.3 is 0 Å². The Kier molecular flexibility index (Phi) is 3.61. The SMILES string of the molecule is CC1CC(C)N(S(=O)(=O)c2ccc(F)c(C#N)c2)C1. The molecule has 2 rings (SSSR count). The second-order valence-corrected chi connectivity index (χ2v) is 6.91. The zero-order valence-corrected chi connectivity index (χ0v) is 11.6. The number of halogens is 1. The number of nitriles is 1. The monoisotopic (exact) mass is 282 g/mol. The molecule has 1 saturated heterocycles. The third kappa shape index (κ3) is 2.48. The maximum absolute atomic E-state index is 13.2. The summed E-state index contributed by atoms with van der Waals surface area (Å²) in [5, 5.41) is 8.77. The summed E-state index contributed by atoms with van der Waals surface area (Å²) < 4.78 is 39.6. The van der Waals surface area contributed by atoms with Crippen LogP contribution in [0.4, 0.5) is 4.39 Å². The minimum atomic E-state index is -3.65. The van der Waals surface area contributed by atoms with E-state index in [2.05, 4.69) is 0 Å². The fraction of sp³-hybridized carbons (Fsp3) is 0.462. The summed E-state index contributed by atoms with van der Waals surface area (Å²) in [7, 11) is -3.65. The Balaban J connectivity index is 2.43. The predicted octanol–water partition coefficient (Wildman–Crippen LogP) is 2.12. The van der Waals surface area contributed by atoms with Crippen LogP contribution < -0.4 is 0 Å². The van der Waals surface area contributed by atoms with Gasteiger partial charge in [-0.2, -0.15) is 9.57 Å². The van der Waals surface area contributed by atoms with Gasteiger partial charge in [-0.25, -0.2) is 12.8 Å². The van der Waals surface area contributed by atoms with Gasteiger partial charge in [-0.3, -0.25) is 0 Å². The van der Waals surface area contributed by atoms with Crippen molar-refractivity contribution in [3.63, 3.8) is 0 Å². The number of rotatable bonds is 2. The van der Waals surface area contributed by atoms with Crippen LogP contribution in [0.5, 0.6) is 0 Å². The highest BCUT2D eigenvalue weighted by Crippen LogP contribution is 2.29. The van der Waals surface area contributed by atoms with Crippen LogP contribution >= 0.6 is 0 Å². The Morgan fingerprint density at radius 1 is 1.42 bits per heavy atom. The van der Waals surface area contributed by atoms with Gasteiger partial charge in [0.25, 0.3) is 0 Å². The highest BCUT2D eigenvalue weighted by molar-refractivity contribution is 7.89. The fourth-order valence-corrected chi connectivity index (χ4v) is 4.27. The highest BCUT2D eigenvalue weighted by atomic mass is 32.2. The van der Waals surface area contributed by atoms with Crippen molar-refractivity contribution in [3.8, 4) is 6.07 Å². The van der Waals surface area contributed by atoms with Crippen LogP contribution in [0.1, 0.15) is 25.8 Å². The molecule has 1 aliphatic rings. The molecule has 6 heteroatoms. The van der Waals surface area contributed by atoms with E-state index in [9.17, 15) is 12.8 Å². The Bertz CT molecular complexity index is 637. The molecule has 2 atom stereocenters. The quantitative estimate of drug-likeness (QED) is 0.834. The summed E-state index contributed by atoms with van der Waals surface area (Å²) >= 11 is 0. The Morgan fingerprint density at radius 3 is 2.63 bits per heavy atom. The second kappa shape index (κ2) is 4.91. The van der Waals surface area contributed by atoms with Crippen molar-refractivity contribution in [2.24, 2.45) is 5.92 Å². The average Bonchev–Trinajstić information content (AvgIpc) is 2.69. The maximum Gasteiger partial charge on any atom is 0.243 e. The minimum Gasteiger partial charge on any atom is -0.207 e. The zero-order chi connectivity index (χ0) is 14.2. The normalized spacial score (nSPS) is 24.3. The van der Waals surface area contributed by atoms with Crippen LogP contribution in [0.25, 0.3) is 0 Å². The molecule has 1 aromatic rings. The molecule has 0 saturated carbocycles. The summed E-state index contributed by atoms with van der Waals surface area (Å²) in [4.78, 5) is -0.0219. The van der Waals surface area contributed by atoms with Gasteiger partial charge in [0.2, 0.25) is 10.0 Å². The summed E-state index contributed by atoms with van der Waals surface area (Å²) in [5.41, 5.74) is -0.249. The Labute approximate surface area is 112 Å². The molecule has 0 aliphatic carbocycles. The summed E-state index contributed by atoms with van der Waals surface area (Å²) in [5.74, 6) is -0.398. The third-order valence-corrected chi connectivity index (χ3v) is 5.37. The van der Waals surface area contributed by atoms with Crippen molar-refractivity contribution in [2.75, 3.05) is 6.54 Å². The van der Waals surface area contributed by atoms with E-state index in [1.807, 2.05) is 13.8 Å². The van der Waals surface area contributed by atoms with E-state index in [4.69, 9.17) is 5.26 Å². The van der Waals surface area contributed by atoms with Crippen LogP contribution in [0.15, 0.2) is 23.1 Å². The van der Waals surface area contributed by atoms with Gasteiger partial charge in [0.15, 0.2) is 0 Å². The summed E-state index contributed by atoms with van der Waals surface area (Å²) in [6, 6.07) is 4.92. The lowest BCUT2D eigenvalue weighted by Gasteiger charge is -2.21. The standard InChI is InChI=1S/C13H15FN2O2S/c1-9-5-10(2)16(8-9)19(17,18)12-3-4-13(14)11(6-12)7-15/h3-4,6,9-10H,5,8H2,1-2H3. The Morgan fingerprint density at radius 2 is 2.11 bits per heavy atom. The van der Waals surface area contributed by atoms with Crippen molar-refractivity contribution < 1.29 is 12.8 Å².